The zero-order chi connectivity index (χ0) is 10.6. The Morgan fingerprint density at radius 3 is 2.86 bits per heavy atom. The highest BCUT2D eigenvalue weighted by Gasteiger charge is 2.14. The standard InChI is InChI=1S/C10H15NO3/c1-3-7(2)13-10(12)9-5-4-8(6-11)14-9/h4-5,7H,3,6,11H2,1-2H3. The Balaban J connectivity index is 2.60. The molecule has 78 valence electrons. The number of furan rings is 1. The third kappa shape index (κ3) is 2.60. The molecule has 0 bridgehead atoms. The van der Waals surface area contributed by atoms with Gasteiger partial charge in [-0.05, 0) is 25.5 Å². The van der Waals surface area contributed by atoms with Crippen LogP contribution < -0.4 is 5.73 Å². The van der Waals surface area contributed by atoms with Gasteiger partial charge in [-0.3, -0.25) is 0 Å². The molecule has 0 saturated heterocycles. The molecule has 4 heteroatoms. The molecule has 0 spiro atoms. The summed E-state index contributed by atoms with van der Waals surface area (Å²) in [7, 11) is 0. The lowest BCUT2D eigenvalue weighted by molar-refractivity contribution is 0.0296. The van der Waals surface area contributed by atoms with Crippen molar-refractivity contribution in [3.63, 3.8) is 0 Å². The van der Waals surface area contributed by atoms with Crippen molar-refractivity contribution in [2.45, 2.75) is 32.9 Å². The monoisotopic (exact) mass is 197 g/mol. The van der Waals surface area contributed by atoms with Gasteiger partial charge in [-0.1, -0.05) is 6.92 Å². The number of rotatable bonds is 4. The molecular formula is C10H15NO3. The van der Waals surface area contributed by atoms with E-state index in [-0.39, 0.29) is 18.4 Å². The average Bonchev–Trinajstić information content (AvgIpc) is 2.65. The normalized spacial score (nSPS) is 12.5. The molecule has 0 aromatic carbocycles. The van der Waals surface area contributed by atoms with E-state index in [2.05, 4.69) is 0 Å². The predicted molar refractivity (Wildman–Crippen MR) is 51.8 cm³/mol. The van der Waals surface area contributed by atoms with Crippen molar-refractivity contribution in [2.75, 3.05) is 0 Å². The van der Waals surface area contributed by atoms with E-state index in [1.54, 1.807) is 12.1 Å². The second-order valence-electron chi connectivity index (χ2n) is 3.09. The smallest absolute Gasteiger partial charge is 0.374 e. The molecule has 0 aliphatic carbocycles. The third-order valence-electron chi connectivity index (χ3n) is 1.95. The lowest BCUT2D eigenvalue weighted by Gasteiger charge is -2.08. The van der Waals surface area contributed by atoms with Gasteiger partial charge in [0, 0.05) is 0 Å². The van der Waals surface area contributed by atoms with Crippen molar-refractivity contribution >= 4 is 5.97 Å². The molecule has 1 heterocycles. The Hall–Kier alpha value is -1.29. The molecule has 2 N–H and O–H groups in total. The molecule has 1 aromatic heterocycles. The molecule has 0 amide bonds. The second-order valence-corrected chi connectivity index (χ2v) is 3.09. The fourth-order valence-electron chi connectivity index (χ4n) is 0.921. The Kier molecular flexibility index (Phi) is 3.71. The molecule has 14 heavy (non-hydrogen) atoms. The van der Waals surface area contributed by atoms with Crippen molar-refractivity contribution in [2.24, 2.45) is 5.73 Å². The summed E-state index contributed by atoms with van der Waals surface area (Å²) in [5.41, 5.74) is 5.34. The van der Waals surface area contributed by atoms with Gasteiger partial charge < -0.3 is 14.9 Å². The first-order valence-corrected chi connectivity index (χ1v) is 4.67. The number of carbonyl (C=O) groups excluding carboxylic acids is 1. The van der Waals surface area contributed by atoms with Crippen LogP contribution in [0.15, 0.2) is 16.5 Å². The SMILES string of the molecule is CCC(C)OC(=O)c1ccc(CN)o1. The highest BCUT2D eigenvalue weighted by Crippen LogP contribution is 2.10. The van der Waals surface area contributed by atoms with Crippen LogP contribution in [0.1, 0.15) is 36.6 Å². The van der Waals surface area contributed by atoms with Gasteiger partial charge in [0.2, 0.25) is 5.76 Å². The number of hydrogen-bond donors (Lipinski definition) is 1. The maximum atomic E-state index is 11.4. The summed E-state index contributed by atoms with van der Waals surface area (Å²) in [6.07, 6.45) is 0.699. The van der Waals surface area contributed by atoms with Crippen molar-refractivity contribution in [1.82, 2.24) is 0 Å². The van der Waals surface area contributed by atoms with Crippen molar-refractivity contribution < 1.29 is 13.9 Å². The quantitative estimate of drug-likeness (QED) is 0.746. The number of hydrogen-bond acceptors (Lipinski definition) is 4. The highest BCUT2D eigenvalue weighted by atomic mass is 16.6. The van der Waals surface area contributed by atoms with Crippen LogP contribution >= 0.6 is 0 Å². The summed E-state index contributed by atoms with van der Waals surface area (Å²) in [6, 6.07) is 3.25. The third-order valence-corrected chi connectivity index (χ3v) is 1.95. The predicted octanol–water partition coefficient (Wildman–Crippen LogP) is 1.69. The first kappa shape index (κ1) is 10.8. The fourth-order valence-corrected chi connectivity index (χ4v) is 0.921. The van der Waals surface area contributed by atoms with E-state index in [1.165, 1.54) is 0 Å². The molecule has 0 aliphatic rings. The number of carbonyl (C=O) groups is 1. The minimum absolute atomic E-state index is 0.0890. The summed E-state index contributed by atoms with van der Waals surface area (Å²) >= 11 is 0. The van der Waals surface area contributed by atoms with Gasteiger partial charge in [-0.15, -0.1) is 0 Å². The zero-order valence-corrected chi connectivity index (χ0v) is 8.45. The van der Waals surface area contributed by atoms with E-state index in [1.807, 2.05) is 13.8 Å². The Morgan fingerprint density at radius 1 is 1.64 bits per heavy atom. The summed E-state index contributed by atoms with van der Waals surface area (Å²) in [4.78, 5) is 11.4. The first-order chi connectivity index (χ1) is 6.67. The van der Waals surface area contributed by atoms with Crippen LogP contribution in [-0.2, 0) is 11.3 Å². The van der Waals surface area contributed by atoms with Gasteiger partial charge in [0.1, 0.15) is 5.76 Å². The van der Waals surface area contributed by atoms with Gasteiger partial charge in [0.05, 0.1) is 12.6 Å². The lowest BCUT2D eigenvalue weighted by Crippen LogP contribution is -2.13. The van der Waals surface area contributed by atoms with Crippen molar-refractivity contribution in [3.05, 3.63) is 23.7 Å². The van der Waals surface area contributed by atoms with E-state index < -0.39 is 5.97 Å². The van der Waals surface area contributed by atoms with Crippen LogP contribution in [0.4, 0.5) is 0 Å². The molecule has 1 rings (SSSR count). The summed E-state index contributed by atoms with van der Waals surface area (Å²) in [6.45, 7) is 4.08. The van der Waals surface area contributed by atoms with Gasteiger partial charge in [-0.2, -0.15) is 0 Å². The van der Waals surface area contributed by atoms with Gasteiger partial charge in [0.15, 0.2) is 0 Å². The van der Waals surface area contributed by atoms with Gasteiger partial charge in [0.25, 0.3) is 0 Å². The molecule has 0 fully saturated rings. The fraction of sp³-hybridized carbons (Fsp3) is 0.500. The molecular weight excluding hydrogens is 182 g/mol. The van der Waals surface area contributed by atoms with Crippen molar-refractivity contribution in [3.8, 4) is 0 Å². The Bertz CT molecular complexity index is 306. The largest absolute Gasteiger partial charge is 0.457 e. The summed E-state index contributed by atoms with van der Waals surface area (Å²) < 4.78 is 10.2. The van der Waals surface area contributed by atoms with E-state index in [4.69, 9.17) is 14.9 Å². The lowest BCUT2D eigenvalue weighted by atomic mass is 10.3. The Morgan fingerprint density at radius 2 is 2.36 bits per heavy atom. The number of esters is 1. The summed E-state index contributed by atoms with van der Waals surface area (Å²) in [5, 5.41) is 0. The van der Waals surface area contributed by atoms with Crippen molar-refractivity contribution in [1.29, 1.82) is 0 Å². The molecule has 0 radical (unpaired) electrons. The van der Waals surface area contributed by atoms with Crippen LogP contribution in [0.3, 0.4) is 0 Å². The van der Waals surface area contributed by atoms with Crippen LogP contribution in [0.5, 0.6) is 0 Å². The summed E-state index contributed by atoms with van der Waals surface area (Å²) in [5.74, 6) is 0.367. The molecule has 1 atom stereocenters. The van der Waals surface area contributed by atoms with Gasteiger partial charge >= 0.3 is 5.97 Å². The van der Waals surface area contributed by atoms with Crippen LogP contribution in [0.2, 0.25) is 0 Å². The maximum absolute atomic E-state index is 11.4. The van der Waals surface area contributed by atoms with Crippen LogP contribution in [-0.4, -0.2) is 12.1 Å². The molecule has 1 aromatic rings. The molecule has 0 aliphatic heterocycles. The number of nitrogens with two attached hydrogens (primary N) is 1. The highest BCUT2D eigenvalue weighted by molar-refractivity contribution is 5.86. The average molecular weight is 197 g/mol. The second kappa shape index (κ2) is 4.81. The molecule has 4 nitrogen and oxygen atoms in total. The van der Waals surface area contributed by atoms with E-state index in [0.29, 0.717) is 5.76 Å². The minimum Gasteiger partial charge on any atom is -0.457 e. The Labute approximate surface area is 83.0 Å². The van der Waals surface area contributed by atoms with Crippen LogP contribution in [0.25, 0.3) is 0 Å². The van der Waals surface area contributed by atoms with E-state index in [9.17, 15) is 4.79 Å². The molecule has 1 unspecified atom stereocenters. The van der Waals surface area contributed by atoms with Gasteiger partial charge in [-0.25, -0.2) is 4.79 Å². The maximum Gasteiger partial charge on any atom is 0.374 e. The van der Waals surface area contributed by atoms with E-state index >= 15 is 0 Å². The first-order valence-electron chi connectivity index (χ1n) is 4.67. The topological polar surface area (TPSA) is 65.5 Å². The zero-order valence-electron chi connectivity index (χ0n) is 8.45. The van der Waals surface area contributed by atoms with Crippen LogP contribution in [0, 0.1) is 0 Å². The van der Waals surface area contributed by atoms with E-state index in [0.717, 1.165) is 6.42 Å². The number of ether oxygens (including phenoxy) is 1. The molecule has 0 saturated carbocycles. The minimum atomic E-state index is -0.431.